The number of hydrogen-bond acceptors (Lipinski definition) is 6. The third kappa shape index (κ3) is 3.50. The van der Waals surface area contributed by atoms with Gasteiger partial charge in [-0.25, -0.2) is 9.97 Å². The monoisotopic (exact) mass is 368 g/mol. The van der Waals surface area contributed by atoms with Crippen molar-refractivity contribution in [1.82, 2.24) is 9.97 Å². The van der Waals surface area contributed by atoms with Crippen LogP contribution < -0.4 is 5.32 Å². The van der Waals surface area contributed by atoms with E-state index in [4.69, 9.17) is 5.26 Å². The number of amides is 1. The molecule has 7 heteroatoms. The van der Waals surface area contributed by atoms with Crippen molar-refractivity contribution < 1.29 is 4.79 Å². The maximum absolute atomic E-state index is 12.5. The summed E-state index contributed by atoms with van der Waals surface area (Å²) < 4.78 is 0. The van der Waals surface area contributed by atoms with Gasteiger partial charge in [-0.2, -0.15) is 5.26 Å². The molecule has 0 radical (unpaired) electrons. The second-order valence-corrected chi connectivity index (χ2v) is 8.08. The Morgan fingerprint density at radius 2 is 2.08 bits per heavy atom. The van der Waals surface area contributed by atoms with Crippen molar-refractivity contribution in [3.63, 3.8) is 0 Å². The van der Waals surface area contributed by atoms with E-state index in [0.717, 1.165) is 20.8 Å². The van der Waals surface area contributed by atoms with Crippen LogP contribution >= 0.6 is 23.1 Å². The zero-order valence-electron chi connectivity index (χ0n) is 14.0. The Bertz CT molecular complexity index is 990. The fourth-order valence-electron chi connectivity index (χ4n) is 2.38. The number of thioether (sulfide) groups is 1. The molecule has 0 unspecified atom stereocenters. The standard InChI is InChI=1S/C18H16N4OS2/c1-10-11(2)24-17-15(10)18(21-9-20-17)25-12(3)16(23)22-14-7-5-4-6-13(14)8-19/h4-7,9,12H,1-3H3,(H,22,23)/t12-/m1/s1. The Balaban J connectivity index is 1.82. The number of nitrogens with one attached hydrogen (secondary N) is 1. The van der Waals surface area contributed by atoms with Gasteiger partial charge in [0.25, 0.3) is 0 Å². The quantitative estimate of drug-likeness (QED) is 0.549. The SMILES string of the molecule is Cc1sc2ncnc(S[C@H](C)C(=O)Nc3ccccc3C#N)c2c1C. The van der Waals surface area contributed by atoms with Gasteiger partial charge in [-0.15, -0.1) is 11.3 Å². The van der Waals surface area contributed by atoms with Gasteiger partial charge in [0, 0.05) is 10.3 Å². The molecule has 3 rings (SSSR count). The highest BCUT2D eigenvalue weighted by Gasteiger charge is 2.20. The molecular weight excluding hydrogens is 352 g/mol. The van der Waals surface area contributed by atoms with Crippen molar-refractivity contribution >= 4 is 44.9 Å². The molecule has 5 nitrogen and oxygen atoms in total. The number of para-hydroxylation sites is 1. The molecule has 0 bridgehead atoms. The molecule has 1 atom stereocenters. The van der Waals surface area contributed by atoms with Crippen LogP contribution in [0.1, 0.15) is 22.9 Å². The van der Waals surface area contributed by atoms with E-state index in [1.54, 1.807) is 35.6 Å². The molecule has 0 spiro atoms. The normalized spacial score (nSPS) is 11.9. The summed E-state index contributed by atoms with van der Waals surface area (Å²) in [5, 5.41) is 13.4. The van der Waals surface area contributed by atoms with Crippen molar-refractivity contribution in [3.8, 4) is 6.07 Å². The molecule has 0 aliphatic rings. The van der Waals surface area contributed by atoms with Gasteiger partial charge in [0.1, 0.15) is 22.3 Å². The fourth-order valence-corrected chi connectivity index (χ4v) is 4.42. The van der Waals surface area contributed by atoms with Crippen LogP contribution in [0.4, 0.5) is 5.69 Å². The number of rotatable bonds is 4. The molecule has 1 N–H and O–H groups in total. The average Bonchev–Trinajstić information content (AvgIpc) is 2.90. The van der Waals surface area contributed by atoms with Gasteiger partial charge < -0.3 is 5.32 Å². The van der Waals surface area contributed by atoms with E-state index in [9.17, 15) is 4.79 Å². The van der Waals surface area contributed by atoms with Crippen molar-refractivity contribution in [2.24, 2.45) is 0 Å². The number of aryl methyl sites for hydroxylation is 2. The summed E-state index contributed by atoms with van der Waals surface area (Å²) in [4.78, 5) is 23.4. The van der Waals surface area contributed by atoms with Gasteiger partial charge in [0.2, 0.25) is 5.91 Å². The zero-order chi connectivity index (χ0) is 18.0. The fraction of sp³-hybridized carbons (Fsp3) is 0.222. The number of fused-ring (bicyclic) bond motifs is 1. The number of nitrogens with zero attached hydrogens (tertiary/aromatic N) is 3. The maximum atomic E-state index is 12.5. The van der Waals surface area contributed by atoms with Crippen LogP contribution in [0.2, 0.25) is 0 Å². The van der Waals surface area contributed by atoms with E-state index >= 15 is 0 Å². The third-order valence-electron chi connectivity index (χ3n) is 3.89. The highest BCUT2D eigenvalue weighted by atomic mass is 32.2. The first kappa shape index (κ1) is 17.4. The molecule has 0 aliphatic heterocycles. The molecule has 1 aromatic carbocycles. The molecule has 2 heterocycles. The Kier molecular flexibility index (Phi) is 5.02. The number of aromatic nitrogens is 2. The van der Waals surface area contributed by atoms with Crippen LogP contribution in [-0.2, 0) is 4.79 Å². The van der Waals surface area contributed by atoms with E-state index in [1.165, 1.54) is 23.0 Å². The molecule has 0 saturated heterocycles. The Morgan fingerprint density at radius 1 is 1.32 bits per heavy atom. The van der Waals surface area contributed by atoms with Crippen LogP contribution in [-0.4, -0.2) is 21.1 Å². The number of carbonyl (C=O) groups excluding carboxylic acids is 1. The Morgan fingerprint density at radius 3 is 2.84 bits per heavy atom. The molecule has 1 amide bonds. The first-order chi connectivity index (χ1) is 12.0. The minimum Gasteiger partial charge on any atom is -0.324 e. The number of carbonyl (C=O) groups is 1. The Labute approximate surface area is 154 Å². The summed E-state index contributed by atoms with van der Waals surface area (Å²) in [5.41, 5.74) is 2.13. The van der Waals surface area contributed by atoms with Crippen molar-refractivity contribution in [1.29, 1.82) is 5.26 Å². The van der Waals surface area contributed by atoms with Crippen LogP contribution in [0.15, 0.2) is 35.6 Å². The van der Waals surface area contributed by atoms with Gasteiger partial charge in [0.15, 0.2) is 0 Å². The lowest BCUT2D eigenvalue weighted by Crippen LogP contribution is -2.23. The van der Waals surface area contributed by atoms with Gasteiger partial charge in [-0.05, 0) is 38.5 Å². The summed E-state index contributed by atoms with van der Waals surface area (Å²) in [6.07, 6.45) is 1.54. The lowest BCUT2D eigenvalue weighted by atomic mass is 10.2. The van der Waals surface area contributed by atoms with Crippen molar-refractivity contribution in [3.05, 3.63) is 46.6 Å². The van der Waals surface area contributed by atoms with Crippen LogP contribution in [0, 0.1) is 25.2 Å². The smallest absolute Gasteiger partial charge is 0.237 e. The van der Waals surface area contributed by atoms with Crippen molar-refractivity contribution in [2.45, 2.75) is 31.0 Å². The topological polar surface area (TPSA) is 78.7 Å². The lowest BCUT2D eigenvalue weighted by molar-refractivity contribution is -0.115. The summed E-state index contributed by atoms with van der Waals surface area (Å²) in [6, 6.07) is 9.05. The van der Waals surface area contributed by atoms with E-state index in [1.807, 2.05) is 6.92 Å². The van der Waals surface area contributed by atoms with E-state index in [2.05, 4.69) is 35.2 Å². The van der Waals surface area contributed by atoms with Gasteiger partial charge in [-0.1, -0.05) is 23.9 Å². The van der Waals surface area contributed by atoms with Crippen LogP contribution in [0.25, 0.3) is 10.2 Å². The lowest BCUT2D eigenvalue weighted by Gasteiger charge is -2.13. The van der Waals surface area contributed by atoms with Gasteiger partial charge in [-0.3, -0.25) is 4.79 Å². The Hall–Kier alpha value is -2.43. The van der Waals surface area contributed by atoms with Gasteiger partial charge in [0.05, 0.1) is 16.5 Å². The molecular formula is C18H16N4OS2. The van der Waals surface area contributed by atoms with E-state index in [0.29, 0.717) is 11.3 Å². The van der Waals surface area contributed by atoms with E-state index < -0.39 is 0 Å². The van der Waals surface area contributed by atoms with Crippen LogP contribution in [0.5, 0.6) is 0 Å². The summed E-state index contributed by atoms with van der Waals surface area (Å²) >= 11 is 3.04. The second-order valence-electron chi connectivity index (χ2n) is 5.55. The average molecular weight is 368 g/mol. The maximum Gasteiger partial charge on any atom is 0.237 e. The molecule has 126 valence electrons. The molecule has 25 heavy (non-hydrogen) atoms. The first-order valence-corrected chi connectivity index (χ1v) is 9.38. The number of hydrogen-bond donors (Lipinski definition) is 1. The zero-order valence-corrected chi connectivity index (χ0v) is 15.7. The molecule has 2 aromatic heterocycles. The largest absolute Gasteiger partial charge is 0.324 e. The summed E-state index contributed by atoms with van der Waals surface area (Å²) in [6.45, 7) is 5.94. The predicted molar refractivity (Wildman–Crippen MR) is 102 cm³/mol. The number of nitriles is 1. The number of anilines is 1. The summed E-state index contributed by atoms with van der Waals surface area (Å²) in [7, 11) is 0. The first-order valence-electron chi connectivity index (χ1n) is 7.68. The molecule has 0 fully saturated rings. The highest BCUT2D eigenvalue weighted by Crippen LogP contribution is 2.36. The minimum atomic E-state index is -0.357. The van der Waals surface area contributed by atoms with E-state index in [-0.39, 0.29) is 11.2 Å². The second kappa shape index (κ2) is 7.21. The molecule has 0 aliphatic carbocycles. The predicted octanol–water partition coefficient (Wildman–Crippen LogP) is 4.30. The molecule has 0 saturated carbocycles. The number of benzene rings is 1. The van der Waals surface area contributed by atoms with Gasteiger partial charge >= 0.3 is 0 Å². The van der Waals surface area contributed by atoms with Crippen molar-refractivity contribution in [2.75, 3.05) is 5.32 Å². The number of thiophene rings is 1. The third-order valence-corrected chi connectivity index (χ3v) is 6.11. The molecule has 3 aromatic rings. The minimum absolute atomic E-state index is 0.163. The highest BCUT2D eigenvalue weighted by molar-refractivity contribution is 8.00. The van der Waals surface area contributed by atoms with Crippen LogP contribution in [0.3, 0.4) is 0 Å². The summed E-state index contributed by atoms with van der Waals surface area (Å²) in [5.74, 6) is -0.163.